The van der Waals surface area contributed by atoms with Gasteiger partial charge in [-0.05, 0) is 6.42 Å². The molecule has 0 spiro atoms. The highest BCUT2D eigenvalue weighted by Crippen LogP contribution is 2.09. The van der Waals surface area contributed by atoms with Crippen molar-refractivity contribution in [3.63, 3.8) is 0 Å². The van der Waals surface area contributed by atoms with Crippen LogP contribution in [0.2, 0.25) is 0 Å². The third-order valence-corrected chi connectivity index (χ3v) is 2.63. The molecule has 0 aromatic rings. The average Bonchev–Trinajstić information content (AvgIpc) is 2.70. The van der Waals surface area contributed by atoms with Gasteiger partial charge in [0.1, 0.15) is 0 Å². The van der Waals surface area contributed by atoms with E-state index in [1.54, 1.807) is 18.1 Å². The van der Waals surface area contributed by atoms with Gasteiger partial charge in [0.05, 0.1) is 18.8 Å². The molecule has 2 unspecified atom stereocenters. The number of hydrogen-bond acceptors (Lipinski definition) is 4. The molecule has 0 saturated carbocycles. The Hall–Kier alpha value is -0.910. The van der Waals surface area contributed by atoms with Crippen molar-refractivity contribution in [3.05, 3.63) is 12.7 Å². The van der Waals surface area contributed by atoms with E-state index in [4.69, 9.17) is 4.74 Å². The lowest BCUT2D eigenvalue weighted by Gasteiger charge is -2.24. The molecule has 1 fully saturated rings. The minimum atomic E-state index is -0.415. The number of nitrogens with zero attached hydrogens (tertiary/aromatic N) is 1. The van der Waals surface area contributed by atoms with Crippen LogP contribution in [-0.4, -0.2) is 61.4 Å². The first kappa shape index (κ1) is 13.2. The van der Waals surface area contributed by atoms with Crippen molar-refractivity contribution in [2.24, 2.45) is 0 Å². The van der Waals surface area contributed by atoms with E-state index >= 15 is 0 Å². The standard InChI is InChI=1S/C11H20N2O3/c1-3-4-13(5-6-16-2)11(15)10-7-9(14)8-12-10/h3,9-10,12,14H,1,4-8H2,2H3. The van der Waals surface area contributed by atoms with Crippen molar-refractivity contribution in [2.75, 3.05) is 33.4 Å². The number of hydrogen-bond donors (Lipinski definition) is 2. The van der Waals surface area contributed by atoms with E-state index in [0.717, 1.165) is 0 Å². The summed E-state index contributed by atoms with van der Waals surface area (Å²) < 4.78 is 4.95. The fraction of sp³-hybridized carbons (Fsp3) is 0.727. The molecule has 1 rings (SSSR count). The maximum Gasteiger partial charge on any atom is 0.240 e. The van der Waals surface area contributed by atoms with Crippen LogP contribution in [0.3, 0.4) is 0 Å². The Morgan fingerprint density at radius 1 is 1.75 bits per heavy atom. The molecule has 2 N–H and O–H groups in total. The summed E-state index contributed by atoms with van der Waals surface area (Å²) in [4.78, 5) is 13.7. The second-order valence-electron chi connectivity index (χ2n) is 3.92. The molecule has 1 amide bonds. The number of ether oxygens (including phenoxy) is 1. The molecule has 0 radical (unpaired) electrons. The van der Waals surface area contributed by atoms with Crippen molar-refractivity contribution in [2.45, 2.75) is 18.6 Å². The number of carbonyl (C=O) groups excluding carboxylic acids is 1. The zero-order chi connectivity index (χ0) is 12.0. The van der Waals surface area contributed by atoms with Crippen LogP contribution in [0.4, 0.5) is 0 Å². The summed E-state index contributed by atoms with van der Waals surface area (Å²) in [6, 6.07) is -0.271. The van der Waals surface area contributed by atoms with Crippen LogP contribution < -0.4 is 5.32 Å². The average molecular weight is 228 g/mol. The van der Waals surface area contributed by atoms with Crippen LogP contribution in [0.25, 0.3) is 0 Å². The monoisotopic (exact) mass is 228 g/mol. The Morgan fingerprint density at radius 3 is 3.00 bits per heavy atom. The van der Waals surface area contributed by atoms with Gasteiger partial charge in [-0.15, -0.1) is 6.58 Å². The highest BCUT2D eigenvalue weighted by atomic mass is 16.5. The summed E-state index contributed by atoms with van der Waals surface area (Å²) in [5.41, 5.74) is 0. The minimum absolute atomic E-state index is 0.00787. The number of nitrogens with one attached hydrogen (secondary N) is 1. The van der Waals surface area contributed by atoms with Gasteiger partial charge in [0.25, 0.3) is 0 Å². The number of aliphatic hydroxyl groups is 1. The Labute approximate surface area is 96.1 Å². The van der Waals surface area contributed by atoms with Gasteiger partial charge in [0, 0.05) is 26.7 Å². The topological polar surface area (TPSA) is 61.8 Å². The maximum absolute atomic E-state index is 12.0. The van der Waals surface area contributed by atoms with Crippen LogP contribution in [0.15, 0.2) is 12.7 Å². The molecular formula is C11H20N2O3. The summed E-state index contributed by atoms with van der Waals surface area (Å²) in [6.07, 6.45) is 1.76. The van der Waals surface area contributed by atoms with Crippen LogP contribution in [0.1, 0.15) is 6.42 Å². The van der Waals surface area contributed by atoms with E-state index in [1.807, 2.05) is 0 Å². The quantitative estimate of drug-likeness (QED) is 0.594. The van der Waals surface area contributed by atoms with E-state index < -0.39 is 6.10 Å². The second-order valence-corrected chi connectivity index (χ2v) is 3.92. The van der Waals surface area contributed by atoms with Gasteiger partial charge in [-0.2, -0.15) is 0 Å². The van der Waals surface area contributed by atoms with E-state index in [1.165, 1.54) is 0 Å². The molecule has 5 heteroatoms. The van der Waals surface area contributed by atoms with Gasteiger partial charge in [-0.25, -0.2) is 0 Å². The fourth-order valence-corrected chi connectivity index (χ4v) is 1.77. The normalized spacial score (nSPS) is 24.4. The molecule has 0 aromatic heterocycles. The highest BCUT2D eigenvalue weighted by molar-refractivity contribution is 5.82. The first-order valence-electron chi connectivity index (χ1n) is 5.49. The summed E-state index contributed by atoms with van der Waals surface area (Å²) in [5.74, 6) is 0.00787. The minimum Gasteiger partial charge on any atom is -0.392 e. The molecule has 92 valence electrons. The second kappa shape index (κ2) is 6.62. The zero-order valence-electron chi connectivity index (χ0n) is 9.69. The number of amides is 1. The van der Waals surface area contributed by atoms with E-state index in [0.29, 0.717) is 32.7 Å². The fourth-order valence-electron chi connectivity index (χ4n) is 1.77. The Balaban J connectivity index is 2.48. The number of β-amino-alcohol motifs (C(OH)–C–C–N with tert-alkyl or cyclic N) is 1. The molecule has 0 aromatic carbocycles. The van der Waals surface area contributed by atoms with Crippen LogP contribution in [-0.2, 0) is 9.53 Å². The molecule has 1 aliphatic heterocycles. The number of methoxy groups -OCH3 is 1. The molecule has 0 bridgehead atoms. The summed E-state index contributed by atoms with van der Waals surface area (Å²) in [5, 5.41) is 12.4. The van der Waals surface area contributed by atoms with Crippen molar-refractivity contribution in [1.29, 1.82) is 0 Å². The molecule has 1 aliphatic rings. The van der Waals surface area contributed by atoms with Crippen LogP contribution in [0, 0.1) is 0 Å². The summed E-state index contributed by atoms with van der Waals surface area (Å²) in [6.45, 7) is 5.69. The van der Waals surface area contributed by atoms with Gasteiger partial charge in [-0.3, -0.25) is 4.79 Å². The van der Waals surface area contributed by atoms with Gasteiger partial charge in [0.2, 0.25) is 5.91 Å². The van der Waals surface area contributed by atoms with Gasteiger partial charge in [-0.1, -0.05) is 6.08 Å². The molecule has 5 nitrogen and oxygen atoms in total. The number of rotatable bonds is 6. The predicted molar refractivity (Wildman–Crippen MR) is 61.1 cm³/mol. The molecule has 0 aliphatic carbocycles. The summed E-state index contributed by atoms with van der Waals surface area (Å²) >= 11 is 0. The van der Waals surface area contributed by atoms with Gasteiger partial charge >= 0.3 is 0 Å². The Morgan fingerprint density at radius 2 is 2.50 bits per heavy atom. The Kier molecular flexibility index (Phi) is 5.45. The van der Waals surface area contributed by atoms with Gasteiger partial charge < -0.3 is 20.1 Å². The number of aliphatic hydroxyl groups excluding tert-OH is 1. The lowest BCUT2D eigenvalue weighted by molar-refractivity contribution is -0.133. The molecule has 2 atom stereocenters. The van der Waals surface area contributed by atoms with Crippen molar-refractivity contribution >= 4 is 5.91 Å². The first-order chi connectivity index (χ1) is 7.69. The van der Waals surface area contributed by atoms with Crippen LogP contribution in [0.5, 0.6) is 0 Å². The maximum atomic E-state index is 12.0. The highest BCUT2D eigenvalue weighted by Gasteiger charge is 2.30. The Bertz CT molecular complexity index is 245. The third-order valence-electron chi connectivity index (χ3n) is 2.63. The largest absolute Gasteiger partial charge is 0.392 e. The van der Waals surface area contributed by atoms with E-state index in [-0.39, 0.29) is 11.9 Å². The van der Waals surface area contributed by atoms with E-state index in [2.05, 4.69) is 11.9 Å². The zero-order valence-corrected chi connectivity index (χ0v) is 9.69. The molecule has 16 heavy (non-hydrogen) atoms. The predicted octanol–water partition coefficient (Wildman–Crippen LogP) is -0.630. The van der Waals surface area contributed by atoms with Crippen molar-refractivity contribution < 1.29 is 14.6 Å². The molecular weight excluding hydrogens is 208 g/mol. The lowest BCUT2D eigenvalue weighted by Crippen LogP contribution is -2.44. The van der Waals surface area contributed by atoms with E-state index in [9.17, 15) is 9.90 Å². The van der Waals surface area contributed by atoms with Crippen LogP contribution >= 0.6 is 0 Å². The summed E-state index contributed by atoms with van der Waals surface area (Å²) in [7, 11) is 1.61. The lowest BCUT2D eigenvalue weighted by atomic mass is 10.2. The molecule has 1 heterocycles. The van der Waals surface area contributed by atoms with Crippen molar-refractivity contribution in [1.82, 2.24) is 10.2 Å². The first-order valence-corrected chi connectivity index (χ1v) is 5.49. The third kappa shape index (κ3) is 3.59. The SMILES string of the molecule is C=CCN(CCOC)C(=O)C1CC(O)CN1. The smallest absolute Gasteiger partial charge is 0.240 e. The van der Waals surface area contributed by atoms with Crippen molar-refractivity contribution in [3.8, 4) is 0 Å². The van der Waals surface area contributed by atoms with Gasteiger partial charge in [0.15, 0.2) is 0 Å². The molecule has 1 saturated heterocycles. The number of carbonyl (C=O) groups is 1.